The lowest BCUT2D eigenvalue weighted by Crippen LogP contribution is -1.84. The number of hydrogen-bond acceptors (Lipinski definition) is 1. The molecular formula is C22H43N. The maximum Gasteiger partial charge on any atom is 0.0107 e. The first-order valence-electron chi connectivity index (χ1n) is 10.6. The molecule has 0 fully saturated rings. The minimum atomic E-state index is 0.981. The van der Waals surface area contributed by atoms with Gasteiger partial charge in [-0.3, -0.25) is 0 Å². The molecule has 136 valence electrons. The van der Waals surface area contributed by atoms with Crippen LogP contribution >= 0.6 is 0 Å². The van der Waals surface area contributed by atoms with Crippen LogP contribution in [0.5, 0.6) is 0 Å². The molecule has 2 N–H and O–H groups in total. The lowest BCUT2D eigenvalue weighted by atomic mass is 10.0. The molecule has 23 heavy (non-hydrogen) atoms. The highest BCUT2D eigenvalue weighted by atomic mass is 14.4. The maximum absolute atomic E-state index is 5.14. The summed E-state index contributed by atoms with van der Waals surface area (Å²) in [6, 6.07) is 2.47. The Kier molecular flexibility index (Phi) is 20.8. The van der Waals surface area contributed by atoms with Crippen LogP contribution in [0.4, 0.5) is 0 Å². The number of hydrogen-bond donors (Lipinski definition) is 1. The summed E-state index contributed by atoms with van der Waals surface area (Å²) in [6.07, 6.45) is 26.7. The van der Waals surface area contributed by atoms with E-state index in [1.807, 2.05) is 0 Å². The smallest absolute Gasteiger partial charge is 0.0107 e. The van der Waals surface area contributed by atoms with Gasteiger partial charge in [-0.15, -0.1) is 0 Å². The highest BCUT2D eigenvalue weighted by Crippen LogP contribution is 2.14. The van der Waals surface area contributed by atoms with Gasteiger partial charge in [0.25, 0.3) is 0 Å². The van der Waals surface area contributed by atoms with E-state index in [0.29, 0.717) is 0 Å². The largest absolute Gasteiger partial charge is 0.359 e. The third-order valence-corrected chi connectivity index (χ3v) is 4.76. The van der Waals surface area contributed by atoms with Crippen molar-refractivity contribution in [3.63, 3.8) is 0 Å². The van der Waals surface area contributed by atoms with Crippen molar-refractivity contribution >= 4 is 0 Å². The summed E-state index contributed by atoms with van der Waals surface area (Å²) in [7, 11) is 0. The molecule has 0 aromatic heterocycles. The van der Waals surface area contributed by atoms with Crippen molar-refractivity contribution in [3.05, 3.63) is 0 Å². The van der Waals surface area contributed by atoms with Gasteiger partial charge < -0.3 is 5.73 Å². The normalized spacial score (nSPS) is 10.5. The van der Waals surface area contributed by atoms with Gasteiger partial charge in [-0.25, -0.2) is 0 Å². The van der Waals surface area contributed by atoms with E-state index in [1.54, 1.807) is 0 Å². The molecule has 1 nitrogen and oxygen atoms in total. The molecule has 0 unspecified atom stereocenters. The van der Waals surface area contributed by atoms with Gasteiger partial charge in [0.15, 0.2) is 0 Å². The zero-order chi connectivity index (χ0) is 16.8. The number of nitrogens with two attached hydrogens (primary N) is 1. The first kappa shape index (κ1) is 22.4. The van der Waals surface area contributed by atoms with E-state index in [4.69, 9.17) is 5.73 Å². The average molecular weight is 322 g/mol. The first-order chi connectivity index (χ1) is 11.4. The van der Waals surface area contributed by atoms with Gasteiger partial charge in [0, 0.05) is 12.5 Å². The van der Waals surface area contributed by atoms with Crippen molar-refractivity contribution in [1.29, 1.82) is 0 Å². The molecule has 0 aliphatic heterocycles. The molecule has 0 amide bonds. The van der Waals surface area contributed by atoms with E-state index in [2.05, 4.69) is 18.9 Å². The minimum Gasteiger partial charge on any atom is -0.359 e. The van der Waals surface area contributed by atoms with Crippen LogP contribution in [0.25, 0.3) is 0 Å². The predicted molar refractivity (Wildman–Crippen MR) is 105 cm³/mol. The summed E-state index contributed by atoms with van der Waals surface area (Å²) in [6.45, 7) is 2.29. The number of unbranched alkanes of at least 4 members (excludes halogenated alkanes) is 18. The highest BCUT2D eigenvalue weighted by Gasteiger charge is 1.94. The molecule has 0 saturated carbocycles. The average Bonchev–Trinajstić information content (AvgIpc) is 2.57. The minimum absolute atomic E-state index is 0.981. The second kappa shape index (κ2) is 21.4. The van der Waals surface area contributed by atoms with Crippen LogP contribution in [0.3, 0.4) is 0 Å². The summed E-state index contributed by atoms with van der Waals surface area (Å²) in [5.74, 6) is 2.93. The van der Waals surface area contributed by atoms with Crippen molar-refractivity contribution in [2.75, 3.05) is 0 Å². The van der Waals surface area contributed by atoms with E-state index in [1.165, 1.54) is 116 Å². The van der Waals surface area contributed by atoms with Gasteiger partial charge in [0.2, 0.25) is 0 Å². The standard InChI is InChI=1S/C22H43N/c1-2-3-4-5-6-7-8-9-10-11-12-13-14-15-16-17-18-19-20-21-22-23/h2-20,23H2,1H3. The van der Waals surface area contributed by atoms with E-state index in [-0.39, 0.29) is 0 Å². The molecule has 0 bridgehead atoms. The number of rotatable bonds is 18. The summed E-state index contributed by atoms with van der Waals surface area (Å²) in [5, 5.41) is 0. The summed E-state index contributed by atoms with van der Waals surface area (Å²) < 4.78 is 0. The summed E-state index contributed by atoms with van der Waals surface area (Å²) in [5.41, 5.74) is 5.14. The van der Waals surface area contributed by atoms with Gasteiger partial charge >= 0.3 is 0 Å². The maximum atomic E-state index is 5.14. The predicted octanol–water partition coefficient (Wildman–Crippen LogP) is 7.34. The molecule has 0 saturated heterocycles. The third kappa shape index (κ3) is 21.4. The molecule has 0 aromatic rings. The van der Waals surface area contributed by atoms with Crippen LogP contribution in [0.2, 0.25) is 0 Å². The molecule has 0 heterocycles. The zero-order valence-corrected chi connectivity index (χ0v) is 16.0. The fraction of sp³-hybridized carbons (Fsp3) is 0.909. The fourth-order valence-electron chi connectivity index (χ4n) is 3.19. The monoisotopic (exact) mass is 321 g/mol. The van der Waals surface area contributed by atoms with Crippen molar-refractivity contribution in [2.24, 2.45) is 5.73 Å². The van der Waals surface area contributed by atoms with Crippen LogP contribution in [-0.4, -0.2) is 0 Å². The van der Waals surface area contributed by atoms with E-state index in [9.17, 15) is 0 Å². The van der Waals surface area contributed by atoms with Crippen molar-refractivity contribution < 1.29 is 0 Å². The van der Waals surface area contributed by atoms with Crippen LogP contribution < -0.4 is 5.73 Å². The fourth-order valence-corrected chi connectivity index (χ4v) is 3.19. The van der Waals surface area contributed by atoms with Gasteiger partial charge in [0.05, 0.1) is 0 Å². The zero-order valence-electron chi connectivity index (χ0n) is 16.0. The van der Waals surface area contributed by atoms with Crippen molar-refractivity contribution in [2.45, 2.75) is 129 Å². The molecule has 0 aliphatic carbocycles. The van der Waals surface area contributed by atoms with Crippen molar-refractivity contribution in [3.8, 4) is 12.0 Å². The Morgan fingerprint density at radius 1 is 0.478 bits per heavy atom. The van der Waals surface area contributed by atoms with E-state index < -0.39 is 0 Å². The first-order valence-corrected chi connectivity index (χ1v) is 10.6. The van der Waals surface area contributed by atoms with Gasteiger partial charge in [-0.1, -0.05) is 122 Å². The van der Waals surface area contributed by atoms with Crippen LogP contribution in [-0.2, 0) is 0 Å². The topological polar surface area (TPSA) is 26.0 Å². The summed E-state index contributed by atoms with van der Waals surface area (Å²) in [4.78, 5) is 0. The molecule has 0 aliphatic rings. The van der Waals surface area contributed by atoms with Gasteiger partial charge in [-0.05, 0) is 6.42 Å². The molecule has 0 atom stereocenters. The SMILES string of the molecule is CCCCCCCCCCCCCCCCCCCCC#CN. The quantitative estimate of drug-likeness (QED) is 0.159. The molecule has 0 spiro atoms. The van der Waals surface area contributed by atoms with E-state index in [0.717, 1.165) is 6.42 Å². The van der Waals surface area contributed by atoms with E-state index >= 15 is 0 Å². The third-order valence-electron chi connectivity index (χ3n) is 4.76. The summed E-state index contributed by atoms with van der Waals surface area (Å²) >= 11 is 0. The Labute approximate surface area is 147 Å². The molecule has 0 rings (SSSR count). The van der Waals surface area contributed by atoms with Crippen LogP contribution in [0, 0.1) is 12.0 Å². The highest BCUT2D eigenvalue weighted by molar-refractivity contribution is 4.93. The Morgan fingerprint density at radius 3 is 1.09 bits per heavy atom. The molecular weight excluding hydrogens is 278 g/mol. The Hall–Kier alpha value is -0.640. The molecule has 0 aromatic carbocycles. The molecule has 0 radical (unpaired) electrons. The second-order valence-corrected chi connectivity index (χ2v) is 7.08. The lowest BCUT2D eigenvalue weighted by molar-refractivity contribution is 0.525. The van der Waals surface area contributed by atoms with Gasteiger partial charge in [0.1, 0.15) is 0 Å². The lowest BCUT2D eigenvalue weighted by Gasteiger charge is -2.03. The van der Waals surface area contributed by atoms with Crippen LogP contribution in [0.15, 0.2) is 0 Å². The Balaban J connectivity index is 2.95. The van der Waals surface area contributed by atoms with Gasteiger partial charge in [-0.2, -0.15) is 0 Å². The Bertz CT molecular complexity index is 261. The Morgan fingerprint density at radius 2 is 0.783 bits per heavy atom. The van der Waals surface area contributed by atoms with Crippen LogP contribution in [0.1, 0.15) is 129 Å². The molecule has 1 heteroatoms. The second-order valence-electron chi connectivity index (χ2n) is 7.08. The van der Waals surface area contributed by atoms with Crippen molar-refractivity contribution in [1.82, 2.24) is 0 Å².